The van der Waals surface area contributed by atoms with Crippen LogP contribution in [0.5, 0.6) is 0 Å². The summed E-state index contributed by atoms with van der Waals surface area (Å²) in [4.78, 5) is 19.1. The molecule has 2 aromatic rings. The first kappa shape index (κ1) is 16.8. The molecule has 0 fully saturated rings. The number of rotatable bonds is 1. The van der Waals surface area contributed by atoms with E-state index in [0.29, 0.717) is 6.54 Å². The van der Waals surface area contributed by atoms with Crippen LogP contribution < -0.4 is 4.90 Å². The van der Waals surface area contributed by atoms with E-state index in [-0.39, 0.29) is 17.2 Å². The second kappa shape index (κ2) is 6.47. The summed E-state index contributed by atoms with van der Waals surface area (Å²) in [5.74, 6) is 0.578. The van der Waals surface area contributed by atoms with Gasteiger partial charge in [0.2, 0.25) is 0 Å². The molecule has 7 heteroatoms. The van der Waals surface area contributed by atoms with Crippen molar-refractivity contribution in [2.75, 3.05) is 17.2 Å². The number of carbonyl (C=O) groups excluding carboxylic acids is 1. The minimum absolute atomic E-state index is 0.0872. The molecular formula is C17H15F3N2OS. The molecule has 3 rings (SSSR count). The Hall–Kier alpha value is -2.02. The molecule has 3 nitrogen and oxygen atoms in total. The van der Waals surface area contributed by atoms with Crippen molar-refractivity contribution >= 4 is 23.4 Å². The lowest BCUT2D eigenvalue weighted by Gasteiger charge is -2.23. The van der Waals surface area contributed by atoms with Gasteiger partial charge in [0.05, 0.1) is 16.9 Å². The third kappa shape index (κ3) is 3.26. The highest BCUT2D eigenvalue weighted by molar-refractivity contribution is 7.99. The van der Waals surface area contributed by atoms with Crippen molar-refractivity contribution in [3.8, 4) is 0 Å². The summed E-state index contributed by atoms with van der Waals surface area (Å²) in [5, 5.41) is 0. The fraction of sp³-hybridized carbons (Fsp3) is 0.294. The number of anilines is 1. The van der Waals surface area contributed by atoms with Crippen molar-refractivity contribution in [1.29, 1.82) is 0 Å². The Kier molecular flexibility index (Phi) is 4.54. The summed E-state index contributed by atoms with van der Waals surface area (Å²) in [6.07, 6.45) is -3.70. The number of pyridine rings is 1. The van der Waals surface area contributed by atoms with Gasteiger partial charge in [-0.3, -0.25) is 4.79 Å². The highest BCUT2D eigenvalue weighted by Gasteiger charge is 2.33. The average molecular weight is 352 g/mol. The Morgan fingerprint density at radius 3 is 2.67 bits per heavy atom. The van der Waals surface area contributed by atoms with Crippen LogP contribution in [0.15, 0.2) is 41.3 Å². The SMILES string of the molecule is Cc1nc(C(F)(F)F)ccc1C(=O)N1CCCSc2ccccc21. The molecule has 0 aliphatic carbocycles. The molecule has 0 spiro atoms. The number of hydrogen-bond acceptors (Lipinski definition) is 3. The van der Waals surface area contributed by atoms with Crippen molar-refractivity contribution in [3.63, 3.8) is 0 Å². The van der Waals surface area contributed by atoms with E-state index >= 15 is 0 Å². The first-order chi connectivity index (χ1) is 11.4. The van der Waals surface area contributed by atoms with Gasteiger partial charge in [0, 0.05) is 11.4 Å². The molecule has 0 atom stereocenters. The van der Waals surface area contributed by atoms with Crippen molar-refractivity contribution in [3.05, 3.63) is 53.3 Å². The monoisotopic (exact) mass is 352 g/mol. The lowest BCUT2D eigenvalue weighted by Crippen LogP contribution is -2.32. The van der Waals surface area contributed by atoms with Crippen LogP contribution in [0.4, 0.5) is 18.9 Å². The maximum atomic E-state index is 12.9. The second-order valence-corrected chi connectivity index (χ2v) is 6.59. The average Bonchev–Trinajstić information content (AvgIpc) is 2.75. The number of carbonyl (C=O) groups is 1. The molecule has 24 heavy (non-hydrogen) atoms. The van der Waals surface area contributed by atoms with Crippen LogP contribution in [0.1, 0.15) is 28.2 Å². The van der Waals surface area contributed by atoms with E-state index in [1.807, 2.05) is 24.3 Å². The summed E-state index contributed by atoms with van der Waals surface area (Å²) in [5.41, 5.74) is 0.0987. The molecule has 1 amide bonds. The van der Waals surface area contributed by atoms with Crippen LogP contribution in [-0.2, 0) is 6.18 Å². The first-order valence-corrected chi connectivity index (χ1v) is 8.45. The summed E-state index contributed by atoms with van der Waals surface area (Å²) < 4.78 is 38.2. The minimum Gasteiger partial charge on any atom is -0.307 e. The third-order valence-corrected chi connectivity index (χ3v) is 4.94. The molecule has 1 aliphatic heterocycles. The molecule has 0 radical (unpaired) electrons. The molecule has 1 aliphatic rings. The van der Waals surface area contributed by atoms with E-state index in [1.54, 1.807) is 16.7 Å². The standard InChI is InChI=1S/C17H15F3N2OS/c1-11-12(7-8-15(21-11)17(18,19)20)16(23)22-9-4-10-24-14-6-3-2-5-13(14)22/h2-3,5-8H,4,9-10H2,1H3. The number of nitrogens with zero attached hydrogens (tertiary/aromatic N) is 2. The van der Waals surface area contributed by atoms with Gasteiger partial charge < -0.3 is 4.90 Å². The van der Waals surface area contributed by atoms with E-state index in [4.69, 9.17) is 0 Å². The number of thioether (sulfide) groups is 1. The zero-order valence-corrected chi connectivity index (χ0v) is 13.7. The van der Waals surface area contributed by atoms with E-state index in [0.717, 1.165) is 28.8 Å². The van der Waals surface area contributed by atoms with Gasteiger partial charge >= 0.3 is 6.18 Å². The van der Waals surface area contributed by atoms with Crippen LogP contribution in [0.2, 0.25) is 0 Å². The van der Waals surface area contributed by atoms with Gasteiger partial charge in [-0.25, -0.2) is 4.98 Å². The van der Waals surface area contributed by atoms with Crippen LogP contribution in [0.25, 0.3) is 0 Å². The predicted molar refractivity (Wildman–Crippen MR) is 87.4 cm³/mol. The molecule has 2 heterocycles. The zero-order valence-electron chi connectivity index (χ0n) is 12.9. The quantitative estimate of drug-likeness (QED) is 0.755. The maximum Gasteiger partial charge on any atom is 0.433 e. The Morgan fingerprint density at radius 2 is 1.96 bits per heavy atom. The summed E-state index contributed by atoms with van der Waals surface area (Å²) in [6.45, 7) is 1.96. The summed E-state index contributed by atoms with van der Waals surface area (Å²) in [7, 11) is 0. The van der Waals surface area contributed by atoms with Gasteiger partial charge in [-0.15, -0.1) is 11.8 Å². The van der Waals surface area contributed by atoms with Crippen LogP contribution >= 0.6 is 11.8 Å². The predicted octanol–water partition coefficient (Wildman–Crippen LogP) is 4.55. The zero-order chi connectivity index (χ0) is 17.3. The first-order valence-electron chi connectivity index (χ1n) is 7.46. The van der Waals surface area contributed by atoms with Gasteiger partial charge in [0.25, 0.3) is 5.91 Å². The second-order valence-electron chi connectivity index (χ2n) is 5.45. The normalized spacial score (nSPS) is 14.9. The van der Waals surface area contributed by atoms with E-state index in [1.165, 1.54) is 13.0 Å². The molecule has 0 unspecified atom stereocenters. The lowest BCUT2D eigenvalue weighted by atomic mass is 10.1. The lowest BCUT2D eigenvalue weighted by molar-refractivity contribution is -0.141. The van der Waals surface area contributed by atoms with Crippen molar-refractivity contribution < 1.29 is 18.0 Å². The molecule has 0 N–H and O–H groups in total. The number of fused-ring (bicyclic) bond motifs is 1. The number of alkyl halides is 3. The Labute approximate surface area is 141 Å². The molecule has 0 saturated heterocycles. The maximum absolute atomic E-state index is 12.9. The van der Waals surface area contributed by atoms with Crippen LogP contribution in [0.3, 0.4) is 0 Å². The van der Waals surface area contributed by atoms with Gasteiger partial charge in [-0.2, -0.15) is 13.2 Å². The third-order valence-electron chi connectivity index (χ3n) is 3.79. The smallest absolute Gasteiger partial charge is 0.307 e. The number of benzene rings is 1. The van der Waals surface area contributed by atoms with Crippen molar-refractivity contribution in [2.45, 2.75) is 24.4 Å². The van der Waals surface area contributed by atoms with Gasteiger partial charge in [0.15, 0.2) is 0 Å². The Bertz CT molecular complexity index is 777. The molecule has 126 valence electrons. The highest BCUT2D eigenvalue weighted by atomic mass is 32.2. The Balaban J connectivity index is 1.98. The van der Waals surface area contributed by atoms with Crippen LogP contribution in [-0.4, -0.2) is 23.2 Å². The number of aryl methyl sites for hydroxylation is 1. The van der Waals surface area contributed by atoms with E-state index < -0.39 is 11.9 Å². The number of amides is 1. The largest absolute Gasteiger partial charge is 0.433 e. The molecule has 0 saturated carbocycles. The highest BCUT2D eigenvalue weighted by Crippen LogP contribution is 2.35. The van der Waals surface area contributed by atoms with E-state index in [9.17, 15) is 18.0 Å². The van der Waals surface area contributed by atoms with Gasteiger partial charge in [-0.05, 0) is 43.4 Å². The molecule has 1 aromatic carbocycles. The minimum atomic E-state index is -4.52. The number of para-hydroxylation sites is 1. The molecule has 0 bridgehead atoms. The molecule has 1 aromatic heterocycles. The van der Waals surface area contributed by atoms with Crippen molar-refractivity contribution in [2.24, 2.45) is 0 Å². The number of aromatic nitrogens is 1. The van der Waals surface area contributed by atoms with Gasteiger partial charge in [-0.1, -0.05) is 12.1 Å². The fourth-order valence-corrected chi connectivity index (χ4v) is 3.62. The Morgan fingerprint density at radius 1 is 1.21 bits per heavy atom. The van der Waals surface area contributed by atoms with Crippen LogP contribution in [0, 0.1) is 6.92 Å². The van der Waals surface area contributed by atoms with Gasteiger partial charge in [0.1, 0.15) is 5.69 Å². The number of hydrogen-bond donors (Lipinski definition) is 0. The topological polar surface area (TPSA) is 33.2 Å². The summed E-state index contributed by atoms with van der Waals surface area (Å²) in [6, 6.07) is 9.64. The van der Waals surface area contributed by atoms with Crippen molar-refractivity contribution in [1.82, 2.24) is 4.98 Å². The fourth-order valence-electron chi connectivity index (χ4n) is 2.63. The molecular weight excluding hydrogens is 337 g/mol. The summed E-state index contributed by atoms with van der Waals surface area (Å²) >= 11 is 1.68. The number of halogens is 3. The van der Waals surface area contributed by atoms with E-state index in [2.05, 4.69) is 4.98 Å².